The number of benzene rings is 1. The van der Waals surface area contributed by atoms with Crippen LogP contribution in [0, 0.1) is 12.8 Å². The summed E-state index contributed by atoms with van der Waals surface area (Å²) in [4.78, 5) is 0. The Labute approximate surface area is 97.4 Å². The minimum atomic E-state index is 0.0969. The predicted molar refractivity (Wildman–Crippen MR) is 65.8 cm³/mol. The molecule has 0 aliphatic heterocycles. The van der Waals surface area contributed by atoms with Crippen molar-refractivity contribution in [3.63, 3.8) is 0 Å². The largest absolute Gasteiger partial charge is 0.496 e. The highest BCUT2D eigenvalue weighted by molar-refractivity contribution is 6.21. The minimum Gasteiger partial charge on any atom is -0.496 e. The topological polar surface area (TPSA) is 9.23 Å². The van der Waals surface area contributed by atoms with Crippen molar-refractivity contribution < 1.29 is 4.74 Å². The fourth-order valence-electron chi connectivity index (χ4n) is 1.61. The highest BCUT2D eigenvalue weighted by atomic mass is 35.5. The number of hydrogen-bond donors (Lipinski definition) is 0. The smallest absolute Gasteiger partial charge is 0.121 e. The standard InChI is InChI=1S/C13H19ClO/c1-5-9(2)13(14)11-6-7-12(15-4)10(3)8-11/h6-9,13H,5H2,1-4H3. The monoisotopic (exact) mass is 226 g/mol. The molecule has 0 radical (unpaired) electrons. The molecule has 0 aromatic heterocycles. The fourth-order valence-corrected chi connectivity index (χ4v) is 1.92. The second-order valence-corrected chi connectivity index (χ2v) is 4.49. The number of ether oxygens (including phenoxy) is 1. The molecular weight excluding hydrogens is 208 g/mol. The van der Waals surface area contributed by atoms with Crippen molar-refractivity contribution in [1.29, 1.82) is 0 Å². The summed E-state index contributed by atoms with van der Waals surface area (Å²) in [6, 6.07) is 6.15. The molecule has 0 aliphatic rings. The molecule has 0 amide bonds. The zero-order valence-electron chi connectivity index (χ0n) is 9.88. The molecule has 0 heterocycles. The summed E-state index contributed by atoms with van der Waals surface area (Å²) in [5.74, 6) is 1.42. The van der Waals surface area contributed by atoms with Crippen LogP contribution >= 0.6 is 11.6 Å². The first-order valence-corrected chi connectivity index (χ1v) is 5.82. The van der Waals surface area contributed by atoms with E-state index < -0.39 is 0 Å². The summed E-state index contributed by atoms with van der Waals surface area (Å²) in [5, 5.41) is 0.0969. The van der Waals surface area contributed by atoms with Crippen molar-refractivity contribution in [1.82, 2.24) is 0 Å². The molecule has 1 nitrogen and oxygen atoms in total. The average Bonchev–Trinajstić information content (AvgIpc) is 2.26. The molecule has 0 bridgehead atoms. The van der Waals surface area contributed by atoms with Crippen molar-refractivity contribution in [2.24, 2.45) is 5.92 Å². The van der Waals surface area contributed by atoms with Gasteiger partial charge in [-0.05, 0) is 30.0 Å². The molecule has 0 saturated carbocycles. The lowest BCUT2D eigenvalue weighted by Gasteiger charge is -2.17. The van der Waals surface area contributed by atoms with E-state index in [2.05, 4.69) is 26.0 Å². The van der Waals surface area contributed by atoms with Gasteiger partial charge in [-0.3, -0.25) is 0 Å². The first-order valence-electron chi connectivity index (χ1n) is 5.38. The highest BCUT2D eigenvalue weighted by Gasteiger charge is 2.15. The summed E-state index contributed by atoms with van der Waals surface area (Å²) < 4.78 is 5.22. The molecular formula is C13H19ClO. The lowest BCUT2D eigenvalue weighted by atomic mass is 9.97. The maximum absolute atomic E-state index is 6.38. The fraction of sp³-hybridized carbons (Fsp3) is 0.538. The second kappa shape index (κ2) is 5.41. The predicted octanol–water partition coefficient (Wildman–Crippen LogP) is 4.33. The van der Waals surface area contributed by atoms with Gasteiger partial charge in [0.15, 0.2) is 0 Å². The number of aryl methyl sites for hydroxylation is 1. The van der Waals surface area contributed by atoms with Gasteiger partial charge in [0.25, 0.3) is 0 Å². The van der Waals surface area contributed by atoms with Gasteiger partial charge >= 0.3 is 0 Å². The quantitative estimate of drug-likeness (QED) is 0.695. The Hall–Kier alpha value is -0.690. The minimum absolute atomic E-state index is 0.0969. The number of alkyl halides is 1. The maximum atomic E-state index is 6.38. The van der Waals surface area contributed by atoms with Crippen LogP contribution in [0.15, 0.2) is 18.2 Å². The Balaban J connectivity index is 2.92. The average molecular weight is 227 g/mol. The molecule has 1 aromatic carbocycles. The van der Waals surface area contributed by atoms with E-state index in [1.54, 1.807) is 7.11 Å². The first-order chi connectivity index (χ1) is 7.10. The first kappa shape index (κ1) is 12.4. The van der Waals surface area contributed by atoms with Crippen LogP contribution in [0.5, 0.6) is 5.75 Å². The Morgan fingerprint density at radius 2 is 2.07 bits per heavy atom. The molecule has 0 spiro atoms. The third-order valence-electron chi connectivity index (χ3n) is 2.88. The number of rotatable bonds is 4. The van der Waals surface area contributed by atoms with Crippen molar-refractivity contribution in [2.45, 2.75) is 32.6 Å². The summed E-state index contributed by atoms with van der Waals surface area (Å²) in [7, 11) is 1.69. The molecule has 1 rings (SSSR count). The molecule has 2 heteroatoms. The zero-order chi connectivity index (χ0) is 11.4. The van der Waals surface area contributed by atoms with Gasteiger partial charge in [0, 0.05) is 0 Å². The van der Waals surface area contributed by atoms with Gasteiger partial charge in [0.2, 0.25) is 0 Å². The molecule has 0 saturated heterocycles. The van der Waals surface area contributed by atoms with E-state index in [4.69, 9.17) is 16.3 Å². The van der Waals surface area contributed by atoms with Gasteiger partial charge in [-0.25, -0.2) is 0 Å². The van der Waals surface area contributed by atoms with Gasteiger partial charge in [-0.2, -0.15) is 0 Å². The van der Waals surface area contributed by atoms with Crippen molar-refractivity contribution in [3.8, 4) is 5.75 Å². The van der Waals surface area contributed by atoms with Crippen LogP contribution < -0.4 is 4.74 Å². The van der Waals surface area contributed by atoms with Crippen LogP contribution in [0.25, 0.3) is 0 Å². The lowest BCUT2D eigenvalue weighted by Crippen LogP contribution is -2.03. The summed E-state index contributed by atoms with van der Waals surface area (Å²) >= 11 is 6.38. The summed E-state index contributed by atoms with van der Waals surface area (Å²) in [6.07, 6.45) is 1.10. The van der Waals surface area contributed by atoms with Crippen LogP contribution in [0.1, 0.15) is 36.8 Å². The van der Waals surface area contributed by atoms with E-state index in [0.717, 1.165) is 17.7 Å². The van der Waals surface area contributed by atoms with Gasteiger partial charge in [-0.15, -0.1) is 11.6 Å². The Kier molecular flexibility index (Phi) is 4.46. The van der Waals surface area contributed by atoms with Gasteiger partial charge < -0.3 is 4.74 Å². The Bertz CT molecular complexity index is 322. The van der Waals surface area contributed by atoms with Gasteiger partial charge in [-0.1, -0.05) is 32.4 Å². The molecule has 84 valence electrons. The van der Waals surface area contributed by atoms with Gasteiger partial charge in [0.05, 0.1) is 12.5 Å². The third kappa shape index (κ3) is 2.88. The highest BCUT2D eigenvalue weighted by Crippen LogP contribution is 2.33. The molecule has 15 heavy (non-hydrogen) atoms. The van der Waals surface area contributed by atoms with Crippen LogP contribution in [-0.2, 0) is 0 Å². The van der Waals surface area contributed by atoms with E-state index >= 15 is 0 Å². The molecule has 0 fully saturated rings. The van der Waals surface area contributed by atoms with Gasteiger partial charge in [0.1, 0.15) is 5.75 Å². The van der Waals surface area contributed by atoms with Crippen LogP contribution in [0.4, 0.5) is 0 Å². The van der Waals surface area contributed by atoms with Crippen molar-refractivity contribution in [2.75, 3.05) is 7.11 Å². The second-order valence-electron chi connectivity index (χ2n) is 4.02. The number of hydrogen-bond acceptors (Lipinski definition) is 1. The van der Waals surface area contributed by atoms with E-state index in [0.29, 0.717) is 5.92 Å². The number of methoxy groups -OCH3 is 1. The molecule has 0 aliphatic carbocycles. The maximum Gasteiger partial charge on any atom is 0.121 e. The van der Waals surface area contributed by atoms with Crippen LogP contribution in [-0.4, -0.2) is 7.11 Å². The van der Waals surface area contributed by atoms with Crippen LogP contribution in [0.3, 0.4) is 0 Å². The normalized spacial score (nSPS) is 14.7. The molecule has 2 unspecified atom stereocenters. The summed E-state index contributed by atoms with van der Waals surface area (Å²) in [5.41, 5.74) is 2.33. The van der Waals surface area contributed by atoms with Crippen molar-refractivity contribution >= 4 is 11.6 Å². The number of halogens is 1. The molecule has 0 N–H and O–H groups in total. The SMILES string of the molecule is CCC(C)C(Cl)c1ccc(OC)c(C)c1. The lowest BCUT2D eigenvalue weighted by molar-refractivity contribution is 0.411. The molecule has 2 atom stereocenters. The van der Waals surface area contributed by atoms with E-state index in [-0.39, 0.29) is 5.38 Å². The third-order valence-corrected chi connectivity index (χ3v) is 3.56. The van der Waals surface area contributed by atoms with Crippen LogP contribution in [0.2, 0.25) is 0 Å². The van der Waals surface area contributed by atoms with E-state index in [1.165, 1.54) is 5.56 Å². The Morgan fingerprint density at radius 3 is 2.53 bits per heavy atom. The van der Waals surface area contributed by atoms with Crippen molar-refractivity contribution in [3.05, 3.63) is 29.3 Å². The van der Waals surface area contributed by atoms with E-state index in [9.17, 15) is 0 Å². The Morgan fingerprint density at radius 1 is 1.40 bits per heavy atom. The molecule has 1 aromatic rings. The zero-order valence-corrected chi connectivity index (χ0v) is 10.6. The van der Waals surface area contributed by atoms with E-state index in [1.807, 2.05) is 13.0 Å². The summed E-state index contributed by atoms with van der Waals surface area (Å²) in [6.45, 7) is 6.39.